The number of esters is 1. The number of aryl methyl sites for hydroxylation is 1. The van der Waals surface area contributed by atoms with E-state index in [2.05, 4.69) is 0 Å². The SMILES string of the molecule is COc1cc(C)c(C(=O)OCC2=CC3CC(C)(C)C(O)C3C3(C)CC(O)C23O)c(O)c1. The number of hydrogen-bond donors (Lipinski definition) is 4. The lowest BCUT2D eigenvalue weighted by Gasteiger charge is -2.65. The first-order valence-electron chi connectivity index (χ1n) is 10.7. The van der Waals surface area contributed by atoms with E-state index in [1.54, 1.807) is 13.0 Å². The minimum Gasteiger partial charge on any atom is -0.507 e. The van der Waals surface area contributed by atoms with E-state index in [9.17, 15) is 25.2 Å². The summed E-state index contributed by atoms with van der Waals surface area (Å²) in [5.74, 6) is -0.688. The number of aliphatic hydroxyl groups excluding tert-OH is 2. The third-order valence-electron chi connectivity index (χ3n) is 8.06. The van der Waals surface area contributed by atoms with Crippen LogP contribution in [0.25, 0.3) is 0 Å². The number of phenols is 1. The number of carbonyl (C=O) groups excluding carboxylic acids is 1. The maximum absolute atomic E-state index is 12.7. The summed E-state index contributed by atoms with van der Waals surface area (Å²) in [5.41, 5.74) is -1.58. The number of hydrogen-bond acceptors (Lipinski definition) is 7. The monoisotopic (exact) mass is 432 g/mol. The summed E-state index contributed by atoms with van der Waals surface area (Å²) in [7, 11) is 1.47. The molecule has 0 saturated heterocycles. The van der Waals surface area contributed by atoms with Gasteiger partial charge in [0.15, 0.2) is 0 Å². The summed E-state index contributed by atoms with van der Waals surface area (Å²) in [6.07, 6.45) is 1.41. The van der Waals surface area contributed by atoms with Crippen molar-refractivity contribution in [1.29, 1.82) is 0 Å². The zero-order valence-corrected chi connectivity index (χ0v) is 18.7. The van der Waals surface area contributed by atoms with Crippen molar-refractivity contribution in [2.75, 3.05) is 13.7 Å². The Morgan fingerprint density at radius 2 is 1.87 bits per heavy atom. The van der Waals surface area contributed by atoms with Crippen molar-refractivity contribution < 1.29 is 34.7 Å². The van der Waals surface area contributed by atoms with Crippen molar-refractivity contribution in [3.63, 3.8) is 0 Å². The molecule has 6 unspecified atom stereocenters. The van der Waals surface area contributed by atoms with Crippen LogP contribution >= 0.6 is 0 Å². The van der Waals surface area contributed by atoms with Crippen LogP contribution < -0.4 is 4.74 Å². The van der Waals surface area contributed by atoms with Gasteiger partial charge in [-0.05, 0) is 48.3 Å². The molecular formula is C24H32O7. The van der Waals surface area contributed by atoms with E-state index >= 15 is 0 Å². The predicted octanol–water partition coefficient (Wildman–Crippen LogP) is 2.33. The number of carbonyl (C=O) groups is 1. The normalized spacial score (nSPS) is 37.9. The van der Waals surface area contributed by atoms with Crippen LogP contribution in [0.2, 0.25) is 0 Å². The number of fused-ring (bicyclic) bond motifs is 3. The molecular weight excluding hydrogens is 400 g/mol. The molecule has 0 heterocycles. The van der Waals surface area contributed by atoms with Gasteiger partial charge in [-0.25, -0.2) is 4.79 Å². The Morgan fingerprint density at radius 1 is 1.19 bits per heavy atom. The molecule has 7 heteroatoms. The molecule has 0 spiro atoms. The molecule has 0 bridgehead atoms. The number of aliphatic hydroxyl groups is 3. The van der Waals surface area contributed by atoms with Crippen molar-refractivity contribution >= 4 is 5.97 Å². The Hall–Kier alpha value is -2.09. The van der Waals surface area contributed by atoms with Crippen LogP contribution in [0.1, 0.15) is 49.5 Å². The first-order chi connectivity index (χ1) is 14.4. The molecule has 7 nitrogen and oxygen atoms in total. The fraction of sp³-hybridized carbons (Fsp3) is 0.625. The first-order valence-corrected chi connectivity index (χ1v) is 10.7. The second-order valence-corrected chi connectivity index (χ2v) is 10.3. The lowest BCUT2D eigenvalue weighted by molar-refractivity contribution is -0.261. The Labute approximate surface area is 182 Å². The zero-order valence-electron chi connectivity index (χ0n) is 18.7. The van der Waals surface area contributed by atoms with Crippen molar-refractivity contribution in [2.24, 2.45) is 22.7 Å². The van der Waals surface area contributed by atoms with Gasteiger partial charge in [0.1, 0.15) is 29.3 Å². The predicted molar refractivity (Wildman–Crippen MR) is 113 cm³/mol. The highest BCUT2D eigenvalue weighted by Crippen LogP contribution is 2.68. The summed E-state index contributed by atoms with van der Waals surface area (Å²) >= 11 is 0. The van der Waals surface area contributed by atoms with Gasteiger partial charge in [-0.1, -0.05) is 26.8 Å². The van der Waals surface area contributed by atoms with Crippen molar-refractivity contribution in [3.05, 3.63) is 34.9 Å². The Balaban J connectivity index is 1.62. The van der Waals surface area contributed by atoms with Crippen LogP contribution in [0.3, 0.4) is 0 Å². The van der Waals surface area contributed by atoms with E-state index in [0.29, 0.717) is 23.3 Å². The van der Waals surface area contributed by atoms with Crippen molar-refractivity contribution in [1.82, 2.24) is 0 Å². The molecule has 6 atom stereocenters. The van der Waals surface area contributed by atoms with Crippen LogP contribution in [-0.4, -0.2) is 57.9 Å². The van der Waals surface area contributed by atoms with Gasteiger partial charge in [0.2, 0.25) is 0 Å². The molecule has 170 valence electrons. The Kier molecular flexibility index (Phi) is 4.96. The molecule has 4 rings (SSSR count). The Morgan fingerprint density at radius 3 is 2.45 bits per heavy atom. The summed E-state index contributed by atoms with van der Waals surface area (Å²) in [5, 5.41) is 43.3. The first kappa shape index (κ1) is 22.1. The Bertz CT molecular complexity index is 928. The quantitative estimate of drug-likeness (QED) is 0.426. The summed E-state index contributed by atoms with van der Waals surface area (Å²) < 4.78 is 10.6. The third-order valence-corrected chi connectivity index (χ3v) is 8.06. The molecule has 2 fully saturated rings. The number of methoxy groups -OCH3 is 1. The standard InChI is InChI=1S/C24H32O7/c1-12-6-15(30-5)8-16(25)18(12)21(28)31-11-14-7-13-9-22(2,3)20(27)19(13)23(4)10-17(26)24(14,23)29/h6-8,13,17,19-20,25-27,29H,9-11H2,1-5H3. The number of phenolic OH excluding ortho intramolecular Hbond substituents is 1. The molecule has 0 radical (unpaired) electrons. The van der Waals surface area contributed by atoms with Gasteiger partial charge >= 0.3 is 5.97 Å². The van der Waals surface area contributed by atoms with E-state index in [1.807, 2.05) is 26.8 Å². The average Bonchev–Trinajstić information content (AvgIpc) is 2.91. The van der Waals surface area contributed by atoms with E-state index in [4.69, 9.17) is 9.47 Å². The van der Waals surface area contributed by atoms with E-state index in [1.165, 1.54) is 13.2 Å². The highest BCUT2D eigenvalue weighted by Gasteiger charge is 2.73. The van der Waals surface area contributed by atoms with Gasteiger partial charge in [-0.2, -0.15) is 0 Å². The van der Waals surface area contributed by atoms with Crippen LogP contribution in [0.15, 0.2) is 23.8 Å². The van der Waals surface area contributed by atoms with E-state index in [-0.39, 0.29) is 35.2 Å². The molecule has 0 aliphatic heterocycles. The highest BCUT2D eigenvalue weighted by molar-refractivity contribution is 5.94. The third kappa shape index (κ3) is 2.93. The van der Waals surface area contributed by atoms with Gasteiger partial charge in [0, 0.05) is 17.4 Å². The molecule has 1 aromatic carbocycles. The summed E-state index contributed by atoms with van der Waals surface area (Å²) in [4.78, 5) is 12.7. The smallest absolute Gasteiger partial charge is 0.342 e. The van der Waals surface area contributed by atoms with Gasteiger partial charge in [0.25, 0.3) is 0 Å². The molecule has 2 saturated carbocycles. The largest absolute Gasteiger partial charge is 0.507 e. The molecule has 1 aromatic rings. The lowest BCUT2D eigenvalue weighted by atomic mass is 9.44. The van der Waals surface area contributed by atoms with Crippen LogP contribution in [0.4, 0.5) is 0 Å². The van der Waals surface area contributed by atoms with Crippen molar-refractivity contribution in [3.8, 4) is 11.5 Å². The molecule has 31 heavy (non-hydrogen) atoms. The molecule has 3 aliphatic rings. The number of ether oxygens (including phenoxy) is 2. The van der Waals surface area contributed by atoms with Crippen molar-refractivity contribution in [2.45, 2.75) is 58.3 Å². The number of aromatic hydroxyl groups is 1. The highest BCUT2D eigenvalue weighted by atomic mass is 16.5. The van der Waals surface area contributed by atoms with Crippen LogP contribution in [0.5, 0.6) is 11.5 Å². The fourth-order valence-electron chi connectivity index (χ4n) is 6.36. The lowest BCUT2D eigenvalue weighted by Crippen LogP contribution is -2.73. The number of rotatable bonds is 4. The molecule has 0 amide bonds. The number of allylic oxidation sites excluding steroid dienone is 1. The summed E-state index contributed by atoms with van der Waals surface area (Å²) in [6.45, 7) is 7.39. The maximum Gasteiger partial charge on any atom is 0.342 e. The van der Waals surface area contributed by atoms with E-state index < -0.39 is 29.2 Å². The van der Waals surface area contributed by atoms with Gasteiger partial charge in [0.05, 0.1) is 19.3 Å². The second-order valence-electron chi connectivity index (χ2n) is 10.3. The van der Waals surface area contributed by atoms with Crippen LogP contribution in [-0.2, 0) is 4.74 Å². The van der Waals surface area contributed by atoms with Gasteiger partial charge < -0.3 is 29.9 Å². The van der Waals surface area contributed by atoms with E-state index in [0.717, 1.165) is 6.42 Å². The molecule has 3 aliphatic carbocycles. The molecule has 0 aromatic heterocycles. The molecule has 4 N–H and O–H groups in total. The summed E-state index contributed by atoms with van der Waals surface area (Å²) in [6, 6.07) is 2.97. The average molecular weight is 433 g/mol. The minimum absolute atomic E-state index is 0.0209. The second kappa shape index (κ2) is 6.95. The van der Waals surface area contributed by atoms with Gasteiger partial charge in [-0.15, -0.1) is 0 Å². The topological polar surface area (TPSA) is 116 Å². The minimum atomic E-state index is -1.56. The van der Waals surface area contributed by atoms with Crippen LogP contribution in [0, 0.1) is 29.6 Å². The number of benzene rings is 1. The van der Waals surface area contributed by atoms with Gasteiger partial charge in [-0.3, -0.25) is 0 Å². The maximum atomic E-state index is 12.7. The fourth-order valence-corrected chi connectivity index (χ4v) is 6.36. The zero-order chi connectivity index (χ0) is 22.9.